The van der Waals surface area contributed by atoms with Crippen molar-refractivity contribution in [1.29, 1.82) is 0 Å². The van der Waals surface area contributed by atoms with E-state index in [1.54, 1.807) is 18.2 Å². The molecular formula is C24H20F2N2O4. The summed E-state index contributed by atoms with van der Waals surface area (Å²) in [6, 6.07) is 17.8. The molecule has 2 amide bonds. The second-order valence-corrected chi connectivity index (χ2v) is 6.90. The van der Waals surface area contributed by atoms with Crippen molar-refractivity contribution in [3.05, 3.63) is 101 Å². The first-order valence-electron chi connectivity index (χ1n) is 9.72. The fraction of sp³-hybridized carbons (Fsp3) is 0.125. The summed E-state index contributed by atoms with van der Waals surface area (Å²) in [4.78, 5) is 36.9. The molecule has 2 N–H and O–H groups in total. The highest BCUT2D eigenvalue weighted by molar-refractivity contribution is 6.04. The molecule has 1 atom stereocenters. The second kappa shape index (κ2) is 10.3. The Hall–Kier alpha value is -4.07. The van der Waals surface area contributed by atoms with E-state index in [-0.39, 0.29) is 17.3 Å². The van der Waals surface area contributed by atoms with Crippen molar-refractivity contribution < 1.29 is 27.9 Å². The lowest BCUT2D eigenvalue weighted by molar-refractivity contribution is -0.119. The number of carbonyl (C=O) groups excluding carboxylic acids is 3. The van der Waals surface area contributed by atoms with E-state index in [0.717, 1.165) is 17.7 Å². The van der Waals surface area contributed by atoms with Gasteiger partial charge in [-0.25, -0.2) is 13.6 Å². The van der Waals surface area contributed by atoms with E-state index in [0.29, 0.717) is 6.07 Å². The Morgan fingerprint density at radius 1 is 0.906 bits per heavy atom. The molecule has 3 rings (SSSR count). The van der Waals surface area contributed by atoms with Gasteiger partial charge in [0, 0.05) is 6.07 Å². The number of ether oxygens (including phenoxy) is 1. The van der Waals surface area contributed by atoms with Crippen LogP contribution in [0.4, 0.5) is 14.5 Å². The first-order valence-corrected chi connectivity index (χ1v) is 9.72. The Labute approximate surface area is 183 Å². The predicted molar refractivity (Wildman–Crippen MR) is 114 cm³/mol. The van der Waals surface area contributed by atoms with Gasteiger partial charge in [-0.3, -0.25) is 9.59 Å². The fourth-order valence-electron chi connectivity index (χ4n) is 2.94. The van der Waals surface area contributed by atoms with Crippen LogP contribution in [0.15, 0.2) is 72.8 Å². The molecule has 0 fully saturated rings. The molecule has 164 valence electrons. The van der Waals surface area contributed by atoms with Crippen molar-refractivity contribution >= 4 is 23.5 Å². The summed E-state index contributed by atoms with van der Waals surface area (Å²) < 4.78 is 31.4. The first-order chi connectivity index (χ1) is 15.3. The minimum atomic E-state index is -1.11. The van der Waals surface area contributed by atoms with Gasteiger partial charge in [-0.2, -0.15) is 0 Å². The monoisotopic (exact) mass is 438 g/mol. The standard InChI is InChI=1S/C24H20F2N2O4/c1-15(16-7-3-2-4-8-16)27-23(30)19-9-5-6-10-21(19)28-22(29)14-32-24(31)18-12-11-17(25)13-20(18)26/h2-13,15H,14H2,1H3,(H,27,30)(H,28,29). The molecule has 0 heterocycles. The number of nitrogens with one attached hydrogen (secondary N) is 2. The highest BCUT2D eigenvalue weighted by Gasteiger charge is 2.18. The van der Waals surface area contributed by atoms with Crippen LogP contribution in [0.3, 0.4) is 0 Å². The number of halogens is 2. The summed E-state index contributed by atoms with van der Waals surface area (Å²) in [6.07, 6.45) is 0. The van der Waals surface area contributed by atoms with E-state index in [9.17, 15) is 23.2 Å². The molecule has 3 aromatic rings. The van der Waals surface area contributed by atoms with Crippen molar-refractivity contribution in [2.45, 2.75) is 13.0 Å². The summed E-state index contributed by atoms with van der Waals surface area (Å²) in [7, 11) is 0. The van der Waals surface area contributed by atoms with Crippen LogP contribution in [0.5, 0.6) is 0 Å². The van der Waals surface area contributed by atoms with Crippen molar-refractivity contribution in [1.82, 2.24) is 5.32 Å². The molecule has 0 aliphatic heterocycles. The maximum Gasteiger partial charge on any atom is 0.341 e. The van der Waals surface area contributed by atoms with Crippen molar-refractivity contribution in [2.75, 3.05) is 11.9 Å². The average Bonchev–Trinajstić information content (AvgIpc) is 2.78. The smallest absolute Gasteiger partial charge is 0.341 e. The number of hydrogen-bond donors (Lipinski definition) is 2. The molecule has 0 aliphatic carbocycles. The minimum absolute atomic E-state index is 0.222. The number of carbonyl (C=O) groups is 3. The van der Waals surface area contributed by atoms with E-state index >= 15 is 0 Å². The Morgan fingerprint density at radius 3 is 2.31 bits per heavy atom. The Morgan fingerprint density at radius 2 is 1.59 bits per heavy atom. The van der Waals surface area contributed by atoms with Crippen LogP contribution in [0.1, 0.15) is 39.2 Å². The summed E-state index contributed by atoms with van der Waals surface area (Å²) >= 11 is 0. The van der Waals surface area contributed by atoms with Crippen molar-refractivity contribution in [3.63, 3.8) is 0 Å². The minimum Gasteiger partial charge on any atom is -0.452 e. The Bertz CT molecular complexity index is 1140. The van der Waals surface area contributed by atoms with Crippen LogP contribution in [0, 0.1) is 11.6 Å². The summed E-state index contributed by atoms with van der Waals surface area (Å²) in [5.74, 6) is -4.17. The van der Waals surface area contributed by atoms with Crippen molar-refractivity contribution in [2.24, 2.45) is 0 Å². The highest BCUT2D eigenvalue weighted by atomic mass is 19.1. The molecule has 1 unspecified atom stereocenters. The lowest BCUT2D eigenvalue weighted by atomic mass is 10.1. The number of rotatable bonds is 7. The van der Waals surface area contributed by atoms with Gasteiger partial charge in [0.2, 0.25) is 0 Å². The molecule has 6 nitrogen and oxygen atoms in total. The SMILES string of the molecule is CC(NC(=O)c1ccccc1NC(=O)COC(=O)c1ccc(F)cc1F)c1ccccc1. The predicted octanol–water partition coefficient (Wildman–Crippen LogP) is 4.25. The zero-order valence-electron chi connectivity index (χ0n) is 17.1. The van der Waals surface area contributed by atoms with Crippen LogP contribution in [-0.2, 0) is 9.53 Å². The van der Waals surface area contributed by atoms with Crippen molar-refractivity contribution in [3.8, 4) is 0 Å². The third-order valence-electron chi connectivity index (χ3n) is 4.58. The van der Waals surface area contributed by atoms with E-state index in [4.69, 9.17) is 4.74 Å². The first kappa shape index (κ1) is 22.6. The molecule has 0 saturated heterocycles. The van der Waals surface area contributed by atoms with Crippen LogP contribution in [0.25, 0.3) is 0 Å². The van der Waals surface area contributed by atoms with Crippen LogP contribution < -0.4 is 10.6 Å². The molecule has 8 heteroatoms. The van der Waals surface area contributed by atoms with E-state index in [1.807, 2.05) is 37.3 Å². The average molecular weight is 438 g/mol. The maximum absolute atomic E-state index is 13.7. The lowest BCUT2D eigenvalue weighted by Crippen LogP contribution is -2.28. The zero-order chi connectivity index (χ0) is 23.1. The molecule has 0 spiro atoms. The van der Waals surface area contributed by atoms with Gasteiger partial charge in [-0.1, -0.05) is 42.5 Å². The Balaban J connectivity index is 1.62. The second-order valence-electron chi connectivity index (χ2n) is 6.90. The number of hydrogen-bond acceptors (Lipinski definition) is 4. The number of anilines is 1. The topological polar surface area (TPSA) is 84.5 Å². The van der Waals surface area contributed by atoms with Gasteiger partial charge in [0.1, 0.15) is 11.6 Å². The number of esters is 1. The van der Waals surface area contributed by atoms with Gasteiger partial charge >= 0.3 is 5.97 Å². The molecular weight excluding hydrogens is 418 g/mol. The number of benzene rings is 3. The zero-order valence-corrected chi connectivity index (χ0v) is 17.1. The Kier molecular flexibility index (Phi) is 7.28. The normalized spacial score (nSPS) is 11.3. The van der Waals surface area contributed by atoms with Crippen LogP contribution >= 0.6 is 0 Å². The van der Waals surface area contributed by atoms with Crippen LogP contribution in [-0.4, -0.2) is 24.4 Å². The molecule has 0 saturated carbocycles. The highest BCUT2D eigenvalue weighted by Crippen LogP contribution is 2.18. The van der Waals surface area contributed by atoms with E-state index < -0.39 is 41.6 Å². The lowest BCUT2D eigenvalue weighted by Gasteiger charge is -2.16. The van der Waals surface area contributed by atoms with E-state index in [2.05, 4.69) is 10.6 Å². The van der Waals surface area contributed by atoms with Gasteiger partial charge in [-0.15, -0.1) is 0 Å². The molecule has 0 bridgehead atoms. The largest absolute Gasteiger partial charge is 0.452 e. The fourth-order valence-corrected chi connectivity index (χ4v) is 2.94. The van der Waals surface area contributed by atoms with E-state index in [1.165, 1.54) is 6.07 Å². The van der Waals surface area contributed by atoms with Gasteiger partial charge in [-0.05, 0) is 36.8 Å². The molecule has 0 radical (unpaired) electrons. The summed E-state index contributed by atoms with van der Waals surface area (Å²) in [6.45, 7) is 1.12. The maximum atomic E-state index is 13.7. The van der Waals surface area contributed by atoms with Crippen LogP contribution in [0.2, 0.25) is 0 Å². The molecule has 32 heavy (non-hydrogen) atoms. The third kappa shape index (κ3) is 5.75. The van der Waals surface area contributed by atoms with Gasteiger partial charge in [0.25, 0.3) is 11.8 Å². The quantitative estimate of drug-likeness (QED) is 0.540. The summed E-state index contributed by atoms with van der Waals surface area (Å²) in [5, 5.41) is 5.36. The van der Waals surface area contributed by atoms with Gasteiger partial charge in [0.15, 0.2) is 6.61 Å². The molecule has 3 aromatic carbocycles. The number of para-hydroxylation sites is 1. The molecule has 0 aliphatic rings. The summed E-state index contributed by atoms with van der Waals surface area (Å²) in [5.41, 5.74) is 0.870. The third-order valence-corrected chi connectivity index (χ3v) is 4.58. The molecule has 0 aromatic heterocycles. The van der Waals surface area contributed by atoms with Gasteiger partial charge in [0.05, 0.1) is 22.9 Å². The number of amides is 2. The van der Waals surface area contributed by atoms with Gasteiger partial charge < -0.3 is 15.4 Å².